The van der Waals surface area contributed by atoms with Gasteiger partial charge in [-0.3, -0.25) is 30.3 Å². The molecule has 3 rings (SSSR count). The average molecular weight is 596 g/mol. The van der Waals surface area contributed by atoms with Gasteiger partial charge in [-0.05, 0) is 42.8 Å². The van der Waals surface area contributed by atoms with Gasteiger partial charge in [0.1, 0.15) is 0 Å². The lowest BCUT2D eigenvalue weighted by Gasteiger charge is -2.25. The lowest BCUT2D eigenvalue weighted by Crippen LogP contribution is -2.31. The van der Waals surface area contributed by atoms with Gasteiger partial charge in [-0.25, -0.2) is 14.4 Å². The number of nitro groups is 3. The van der Waals surface area contributed by atoms with Crippen LogP contribution in [0.1, 0.15) is 44.4 Å². The van der Waals surface area contributed by atoms with Crippen LogP contribution >= 0.6 is 0 Å². The van der Waals surface area contributed by atoms with Gasteiger partial charge in [0, 0.05) is 48.2 Å². The molecular weight excluding hydrogens is 570 g/mol. The molecule has 3 aromatic rings. The number of hydrogen-bond acceptors (Lipinski definition) is 12. The predicted molar refractivity (Wildman–Crippen MR) is 147 cm³/mol. The van der Waals surface area contributed by atoms with Gasteiger partial charge in [0.2, 0.25) is 0 Å². The number of esters is 3. The van der Waals surface area contributed by atoms with Gasteiger partial charge in [-0.2, -0.15) is 0 Å². The fraction of sp³-hybridized carbons (Fsp3) is 0.250. The summed E-state index contributed by atoms with van der Waals surface area (Å²) in [5.41, 5.74) is -0.462. The number of ether oxygens (including phenoxy) is 3. The SMILES string of the molecule is CC[C@@H](COC(=O)c1ccc([N+](=O)[O-])cc1)C(COC(=O)c1ccc([N+](=O)[O-])cc1)COC(=O)c1ccc([N+](=O)[O-])cc1. The van der Waals surface area contributed by atoms with Gasteiger partial charge < -0.3 is 14.2 Å². The van der Waals surface area contributed by atoms with E-state index in [0.29, 0.717) is 6.42 Å². The first-order valence-corrected chi connectivity index (χ1v) is 12.7. The van der Waals surface area contributed by atoms with Crippen LogP contribution < -0.4 is 0 Å². The number of rotatable bonds is 14. The van der Waals surface area contributed by atoms with E-state index < -0.39 is 44.5 Å². The molecule has 0 amide bonds. The molecule has 0 unspecified atom stereocenters. The molecule has 0 bridgehead atoms. The highest BCUT2D eigenvalue weighted by Gasteiger charge is 2.26. The summed E-state index contributed by atoms with van der Waals surface area (Å²) < 4.78 is 16.2. The van der Waals surface area contributed by atoms with Crippen molar-refractivity contribution < 1.29 is 43.4 Å². The summed E-state index contributed by atoms with van der Waals surface area (Å²) in [4.78, 5) is 68.6. The Kier molecular flexibility index (Phi) is 10.9. The van der Waals surface area contributed by atoms with Crippen molar-refractivity contribution in [3.8, 4) is 0 Å². The molecule has 0 heterocycles. The molecule has 1 atom stereocenters. The van der Waals surface area contributed by atoms with E-state index in [1.54, 1.807) is 6.92 Å². The molecule has 0 spiro atoms. The Morgan fingerprint density at radius 1 is 0.535 bits per heavy atom. The third-order valence-corrected chi connectivity index (χ3v) is 6.42. The third-order valence-electron chi connectivity index (χ3n) is 6.42. The van der Waals surface area contributed by atoms with Crippen molar-refractivity contribution in [2.75, 3.05) is 19.8 Å². The maximum Gasteiger partial charge on any atom is 0.338 e. The zero-order valence-corrected chi connectivity index (χ0v) is 22.7. The van der Waals surface area contributed by atoms with E-state index in [-0.39, 0.29) is 53.6 Å². The van der Waals surface area contributed by atoms with Crippen LogP contribution in [0.5, 0.6) is 0 Å². The molecule has 0 aliphatic heterocycles. The van der Waals surface area contributed by atoms with Crippen molar-refractivity contribution in [1.29, 1.82) is 0 Å². The normalized spacial score (nSPS) is 11.3. The summed E-state index contributed by atoms with van der Waals surface area (Å²) in [6.45, 7) is 1.03. The van der Waals surface area contributed by atoms with Crippen LogP contribution in [0.2, 0.25) is 0 Å². The first-order chi connectivity index (χ1) is 20.5. The van der Waals surface area contributed by atoms with Crippen molar-refractivity contribution in [2.24, 2.45) is 11.8 Å². The summed E-state index contributed by atoms with van der Waals surface area (Å²) in [6.07, 6.45) is 0.391. The largest absolute Gasteiger partial charge is 0.462 e. The molecular formula is C28H25N3O12. The van der Waals surface area contributed by atoms with Crippen LogP contribution in [-0.4, -0.2) is 52.5 Å². The second kappa shape index (κ2) is 14.8. The number of nitro benzene ring substituents is 3. The molecule has 0 aliphatic carbocycles. The van der Waals surface area contributed by atoms with Crippen LogP contribution in [0.25, 0.3) is 0 Å². The molecule has 0 fully saturated rings. The molecule has 0 N–H and O–H groups in total. The summed E-state index contributed by atoms with van der Waals surface area (Å²) in [5, 5.41) is 32.6. The number of hydrogen-bond donors (Lipinski definition) is 0. The maximum atomic E-state index is 12.6. The van der Waals surface area contributed by atoms with Crippen molar-refractivity contribution in [1.82, 2.24) is 0 Å². The fourth-order valence-electron chi connectivity index (χ4n) is 3.86. The van der Waals surface area contributed by atoms with Gasteiger partial charge in [0.25, 0.3) is 17.1 Å². The quantitative estimate of drug-likeness (QED) is 0.105. The van der Waals surface area contributed by atoms with E-state index >= 15 is 0 Å². The average Bonchev–Trinajstić information content (AvgIpc) is 3.01. The minimum Gasteiger partial charge on any atom is -0.462 e. The first-order valence-electron chi connectivity index (χ1n) is 12.7. The lowest BCUT2D eigenvalue weighted by atomic mass is 9.92. The van der Waals surface area contributed by atoms with Crippen LogP contribution in [0.15, 0.2) is 72.8 Å². The Hall–Kier alpha value is -5.73. The van der Waals surface area contributed by atoms with E-state index in [0.717, 1.165) is 36.4 Å². The molecule has 15 heteroatoms. The summed E-state index contributed by atoms with van der Waals surface area (Å²) in [6, 6.07) is 14.3. The van der Waals surface area contributed by atoms with Gasteiger partial charge in [-0.15, -0.1) is 0 Å². The zero-order valence-electron chi connectivity index (χ0n) is 22.7. The Morgan fingerprint density at radius 3 is 1.02 bits per heavy atom. The summed E-state index contributed by atoms with van der Waals surface area (Å²) in [7, 11) is 0. The highest BCUT2D eigenvalue weighted by Crippen LogP contribution is 2.22. The molecule has 0 saturated heterocycles. The second-order valence-electron chi connectivity index (χ2n) is 9.14. The Morgan fingerprint density at radius 2 is 0.791 bits per heavy atom. The van der Waals surface area contributed by atoms with Gasteiger partial charge in [0.15, 0.2) is 0 Å². The first kappa shape index (κ1) is 31.8. The molecule has 0 aromatic heterocycles. The number of benzene rings is 3. The molecule has 0 radical (unpaired) electrons. The Labute approximate surface area is 243 Å². The number of non-ortho nitro benzene ring substituents is 3. The van der Waals surface area contributed by atoms with E-state index in [1.807, 2.05) is 0 Å². The van der Waals surface area contributed by atoms with E-state index in [4.69, 9.17) is 14.2 Å². The van der Waals surface area contributed by atoms with Gasteiger partial charge in [-0.1, -0.05) is 6.92 Å². The minimum absolute atomic E-state index is 0.0462. The second-order valence-corrected chi connectivity index (χ2v) is 9.14. The lowest BCUT2D eigenvalue weighted by molar-refractivity contribution is -0.385. The van der Waals surface area contributed by atoms with Crippen LogP contribution in [0.4, 0.5) is 17.1 Å². The predicted octanol–water partition coefficient (Wildman–Crippen LogP) is 4.92. The molecule has 43 heavy (non-hydrogen) atoms. The number of carbonyl (C=O) groups is 3. The summed E-state index contributed by atoms with van der Waals surface area (Å²) >= 11 is 0. The summed E-state index contributed by atoms with van der Waals surface area (Å²) in [5.74, 6) is -3.51. The number of nitrogens with zero attached hydrogens (tertiary/aromatic N) is 3. The molecule has 0 aliphatic rings. The van der Waals surface area contributed by atoms with E-state index in [2.05, 4.69) is 0 Å². The smallest absolute Gasteiger partial charge is 0.338 e. The van der Waals surface area contributed by atoms with Crippen molar-refractivity contribution in [3.05, 3.63) is 120 Å². The van der Waals surface area contributed by atoms with Crippen LogP contribution in [0, 0.1) is 42.2 Å². The van der Waals surface area contributed by atoms with Crippen LogP contribution in [0.3, 0.4) is 0 Å². The molecule has 3 aromatic carbocycles. The van der Waals surface area contributed by atoms with Crippen molar-refractivity contribution in [2.45, 2.75) is 13.3 Å². The number of carbonyl (C=O) groups excluding carboxylic acids is 3. The topological polar surface area (TPSA) is 208 Å². The minimum atomic E-state index is -0.792. The highest BCUT2D eigenvalue weighted by molar-refractivity contribution is 5.90. The Bertz CT molecular complexity index is 1420. The highest BCUT2D eigenvalue weighted by atomic mass is 16.6. The molecule has 0 saturated carbocycles. The molecule has 15 nitrogen and oxygen atoms in total. The standard InChI is InChI=1S/C28H25N3O12/c1-2-18(15-41-26(32)19-3-9-23(10-4-19)29(35)36)22(16-42-27(33)20-5-11-24(12-6-20)30(37)38)17-43-28(34)21-7-13-25(14-8-21)31(39)40/h3-14,18,22H,2,15-17H2,1H3/t18-/m0/s1. The van der Waals surface area contributed by atoms with E-state index in [1.165, 1.54) is 36.4 Å². The van der Waals surface area contributed by atoms with Gasteiger partial charge >= 0.3 is 17.9 Å². The van der Waals surface area contributed by atoms with Gasteiger partial charge in [0.05, 0.1) is 51.3 Å². The zero-order chi connectivity index (χ0) is 31.5. The molecule has 224 valence electrons. The monoisotopic (exact) mass is 595 g/mol. The Balaban J connectivity index is 1.71. The fourth-order valence-corrected chi connectivity index (χ4v) is 3.86. The third kappa shape index (κ3) is 8.88. The van der Waals surface area contributed by atoms with Crippen molar-refractivity contribution in [3.63, 3.8) is 0 Å². The van der Waals surface area contributed by atoms with Crippen LogP contribution in [-0.2, 0) is 14.2 Å². The maximum absolute atomic E-state index is 12.6. The van der Waals surface area contributed by atoms with E-state index in [9.17, 15) is 44.7 Å². The van der Waals surface area contributed by atoms with Crippen molar-refractivity contribution >= 4 is 35.0 Å².